The fraction of sp³-hybridized carbons (Fsp3) is 0.318. The van der Waals surface area contributed by atoms with E-state index in [4.69, 9.17) is 29.0 Å². The minimum absolute atomic E-state index is 0.667. The highest BCUT2D eigenvalue weighted by Crippen LogP contribution is 2.30. The molecule has 1 fully saturated rings. The van der Waals surface area contributed by atoms with Gasteiger partial charge in [0.25, 0.3) is 5.19 Å². The first-order chi connectivity index (χ1) is 17.0. The monoisotopic (exact) mass is 517 g/mol. The van der Waals surface area contributed by atoms with E-state index in [9.17, 15) is 0 Å². The molecular weight excluding hydrogens is 494 g/mol. The van der Waals surface area contributed by atoms with E-state index in [1.807, 2.05) is 5.38 Å². The van der Waals surface area contributed by atoms with Gasteiger partial charge in [-0.3, -0.25) is 4.90 Å². The summed E-state index contributed by atoms with van der Waals surface area (Å²) in [6.45, 7) is 5.84. The molecule has 0 spiro atoms. The SMILES string of the molecule is O=C(O)C(=O)O.c1ccc2c(N3CCN(CCCOc4nc(-c5cnco5)cs4)CC3)nsc2c1. The number of rotatable bonds is 7. The Morgan fingerprint density at radius 3 is 2.60 bits per heavy atom. The van der Waals surface area contributed by atoms with Crippen molar-refractivity contribution in [2.24, 2.45) is 0 Å². The van der Waals surface area contributed by atoms with Crippen LogP contribution in [0.5, 0.6) is 5.19 Å². The molecule has 13 heteroatoms. The third-order valence-electron chi connectivity index (χ3n) is 5.23. The molecule has 1 aliphatic rings. The number of hydrogen-bond acceptors (Lipinski definition) is 11. The predicted molar refractivity (Wildman–Crippen MR) is 131 cm³/mol. The maximum absolute atomic E-state index is 9.10. The van der Waals surface area contributed by atoms with E-state index in [0.29, 0.717) is 17.6 Å². The van der Waals surface area contributed by atoms with Gasteiger partial charge in [-0.25, -0.2) is 14.6 Å². The molecule has 0 saturated carbocycles. The summed E-state index contributed by atoms with van der Waals surface area (Å²) in [5.41, 5.74) is 0.771. The Labute approximate surface area is 208 Å². The van der Waals surface area contributed by atoms with Gasteiger partial charge in [-0.15, -0.1) is 0 Å². The summed E-state index contributed by atoms with van der Waals surface area (Å²) < 4.78 is 17.0. The molecule has 0 aliphatic carbocycles. The van der Waals surface area contributed by atoms with Gasteiger partial charge in [0.1, 0.15) is 11.5 Å². The maximum atomic E-state index is 9.10. The smallest absolute Gasteiger partial charge is 0.414 e. The summed E-state index contributed by atoms with van der Waals surface area (Å²) in [4.78, 5) is 31.5. The number of hydrogen-bond donors (Lipinski definition) is 2. The normalized spacial score (nSPS) is 13.9. The molecule has 1 saturated heterocycles. The van der Waals surface area contributed by atoms with Gasteiger partial charge >= 0.3 is 11.9 Å². The maximum Gasteiger partial charge on any atom is 0.414 e. The summed E-state index contributed by atoms with van der Waals surface area (Å²) in [5.74, 6) is -1.84. The number of aromatic nitrogens is 3. The molecule has 35 heavy (non-hydrogen) atoms. The van der Waals surface area contributed by atoms with Crippen LogP contribution >= 0.6 is 22.9 Å². The van der Waals surface area contributed by atoms with Crippen LogP contribution in [0.2, 0.25) is 0 Å². The first-order valence-corrected chi connectivity index (χ1v) is 12.4. The molecule has 4 heterocycles. The molecule has 0 amide bonds. The third-order valence-corrected chi connectivity index (χ3v) is 6.79. The van der Waals surface area contributed by atoms with Gasteiger partial charge in [0.05, 0.1) is 17.5 Å². The standard InChI is InChI=1S/C20H21N5O2S2.C2H2O4/c1-2-5-18-15(4-1)19(23-29-18)25-9-7-24(8-10-25)6-3-11-26-20-22-16(13-28-20)17-12-21-14-27-17;3-1(4)2(5)6/h1-2,4-5,12-14H,3,6-11H2;(H,3,4)(H,5,6). The Morgan fingerprint density at radius 1 is 1.11 bits per heavy atom. The molecule has 11 nitrogen and oxygen atoms in total. The number of nitrogens with zero attached hydrogens (tertiary/aromatic N) is 5. The summed E-state index contributed by atoms with van der Waals surface area (Å²) in [6.07, 6.45) is 4.05. The van der Waals surface area contributed by atoms with Crippen molar-refractivity contribution < 1.29 is 29.0 Å². The number of carboxylic acid groups (broad SMARTS) is 2. The van der Waals surface area contributed by atoms with Crippen molar-refractivity contribution in [1.29, 1.82) is 0 Å². The number of oxazole rings is 1. The largest absolute Gasteiger partial charge is 0.473 e. The lowest BCUT2D eigenvalue weighted by molar-refractivity contribution is -0.159. The minimum Gasteiger partial charge on any atom is -0.473 e. The summed E-state index contributed by atoms with van der Waals surface area (Å²) >= 11 is 3.07. The van der Waals surface area contributed by atoms with Gasteiger partial charge in [0.15, 0.2) is 12.2 Å². The Morgan fingerprint density at radius 2 is 1.89 bits per heavy atom. The lowest BCUT2D eigenvalue weighted by atomic mass is 10.2. The van der Waals surface area contributed by atoms with E-state index in [1.54, 1.807) is 17.7 Å². The van der Waals surface area contributed by atoms with E-state index in [2.05, 4.69) is 48.4 Å². The van der Waals surface area contributed by atoms with Crippen LogP contribution in [0.3, 0.4) is 0 Å². The summed E-state index contributed by atoms with van der Waals surface area (Å²) in [7, 11) is 0. The van der Waals surface area contributed by atoms with Crippen molar-refractivity contribution in [3.63, 3.8) is 0 Å². The number of fused-ring (bicyclic) bond motifs is 1. The predicted octanol–water partition coefficient (Wildman–Crippen LogP) is 3.15. The number of benzene rings is 1. The van der Waals surface area contributed by atoms with Crippen LogP contribution in [0, 0.1) is 0 Å². The highest BCUT2D eigenvalue weighted by atomic mass is 32.1. The number of piperazine rings is 1. The van der Waals surface area contributed by atoms with Crippen LogP contribution < -0.4 is 9.64 Å². The second kappa shape index (κ2) is 11.7. The molecule has 184 valence electrons. The summed E-state index contributed by atoms with van der Waals surface area (Å²) in [5, 5.41) is 18.7. The van der Waals surface area contributed by atoms with E-state index < -0.39 is 11.9 Å². The average molecular weight is 518 g/mol. The molecule has 3 aromatic heterocycles. The van der Waals surface area contributed by atoms with Crippen LogP contribution in [0.15, 0.2) is 46.7 Å². The number of carboxylic acids is 2. The zero-order valence-corrected chi connectivity index (χ0v) is 20.2. The zero-order valence-electron chi connectivity index (χ0n) is 18.6. The lowest BCUT2D eigenvalue weighted by Gasteiger charge is -2.35. The van der Waals surface area contributed by atoms with Gasteiger partial charge in [0.2, 0.25) is 0 Å². The van der Waals surface area contributed by atoms with E-state index >= 15 is 0 Å². The molecule has 1 aromatic carbocycles. The fourth-order valence-electron chi connectivity index (χ4n) is 3.51. The van der Waals surface area contributed by atoms with Crippen molar-refractivity contribution in [3.8, 4) is 16.6 Å². The first kappa shape index (κ1) is 24.6. The highest BCUT2D eigenvalue weighted by molar-refractivity contribution is 7.13. The molecule has 0 radical (unpaired) electrons. The van der Waals surface area contributed by atoms with Crippen LogP contribution in [-0.4, -0.2) is 80.7 Å². The van der Waals surface area contributed by atoms with E-state index in [-0.39, 0.29) is 0 Å². The van der Waals surface area contributed by atoms with E-state index in [0.717, 1.165) is 50.7 Å². The van der Waals surface area contributed by atoms with E-state index in [1.165, 1.54) is 27.8 Å². The topological polar surface area (TPSA) is 142 Å². The van der Waals surface area contributed by atoms with Crippen molar-refractivity contribution >= 4 is 50.7 Å². The van der Waals surface area contributed by atoms with Gasteiger partial charge < -0.3 is 24.3 Å². The Balaban J connectivity index is 0.000000431. The number of anilines is 1. The minimum atomic E-state index is -1.82. The molecule has 0 unspecified atom stereocenters. The molecule has 0 atom stereocenters. The lowest BCUT2D eigenvalue weighted by Crippen LogP contribution is -2.47. The Bertz CT molecular complexity index is 1240. The van der Waals surface area contributed by atoms with Crippen LogP contribution in [0.25, 0.3) is 21.5 Å². The number of aliphatic carboxylic acids is 2. The van der Waals surface area contributed by atoms with Crippen molar-refractivity contribution in [1.82, 2.24) is 19.2 Å². The fourth-order valence-corrected chi connectivity index (χ4v) is 4.99. The molecule has 4 aromatic rings. The van der Waals surface area contributed by atoms with Crippen molar-refractivity contribution in [3.05, 3.63) is 42.2 Å². The third kappa shape index (κ3) is 6.53. The van der Waals surface area contributed by atoms with Crippen LogP contribution in [-0.2, 0) is 9.59 Å². The zero-order chi connectivity index (χ0) is 24.6. The summed E-state index contributed by atoms with van der Waals surface area (Å²) in [6, 6.07) is 8.48. The Hall–Kier alpha value is -3.55. The number of ether oxygens (including phenoxy) is 1. The van der Waals surface area contributed by atoms with Gasteiger partial charge in [0, 0.05) is 43.5 Å². The van der Waals surface area contributed by atoms with Gasteiger partial charge in [-0.05, 0) is 30.1 Å². The highest BCUT2D eigenvalue weighted by Gasteiger charge is 2.20. The van der Waals surface area contributed by atoms with Gasteiger partial charge in [-0.2, -0.15) is 9.36 Å². The van der Waals surface area contributed by atoms with Gasteiger partial charge in [-0.1, -0.05) is 23.5 Å². The number of thiazole rings is 1. The second-order valence-corrected chi connectivity index (χ2v) is 9.13. The number of carbonyl (C=O) groups is 2. The van der Waals surface area contributed by atoms with Crippen molar-refractivity contribution in [2.45, 2.75) is 6.42 Å². The first-order valence-electron chi connectivity index (χ1n) is 10.8. The quantitative estimate of drug-likeness (QED) is 0.276. The second-order valence-electron chi connectivity index (χ2n) is 7.51. The molecule has 0 bridgehead atoms. The molecular formula is C22H23N5O6S2. The van der Waals surface area contributed by atoms with Crippen molar-refractivity contribution in [2.75, 3.05) is 44.2 Å². The van der Waals surface area contributed by atoms with Crippen LogP contribution in [0.4, 0.5) is 5.82 Å². The molecule has 5 rings (SSSR count). The Kier molecular flexibility index (Phi) is 8.23. The van der Waals surface area contributed by atoms with Crippen LogP contribution in [0.1, 0.15) is 6.42 Å². The molecule has 1 aliphatic heterocycles. The average Bonchev–Trinajstić information content (AvgIpc) is 3.63. The molecule has 2 N–H and O–H groups in total.